The molecule has 4 nitrogen and oxygen atoms in total. The van der Waals surface area contributed by atoms with E-state index in [-0.39, 0.29) is 17.5 Å². The zero-order valence-electron chi connectivity index (χ0n) is 13.4. The van der Waals surface area contributed by atoms with Gasteiger partial charge >= 0.3 is 6.18 Å². The molecule has 24 heavy (non-hydrogen) atoms. The second-order valence-electron chi connectivity index (χ2n) is 5.27. The molecule has 130 valence electrons. The van der Waals surface area contributed by atoms with Crippen molar-refractivity contribution in [2.24, 2.45) is 0 Å². The van der Waals surface area contributed by atoms with E-state index >= 15 is 0 Å². The predicted octanol–water partition coefficient (Wildman–Crippen LogP) is 3.88. The maximum absolute atomic E-state index is 12.2. The van der Waals surface area contributed by atoms with Gasteiger partial charge in [0.05, 0.1) is 7.11 Å². The van der Waals surface area contributed by atoms with Crippen LogP contribution in [0.25, 0.3) is 0 Å². The Hall–Kier alpha value is -2.28. The molecule has 0 saturated carbocycles. The van der Waals surface area contributed by atoms with Crippen LogP contribution in [-0.2, 0) is 6.54 Å². The van der Waals surface area contributed by atoms with Crippen LogP contribution in [0.1, 0.15) is 24.1 Å². The Morgan fingerprint density at radius 1 is 1.12 bits per heavy atom. The minimum absolute atomic E-state index is 0.0701. The summed E-state index contributed by atoms with van der Waals surface area (Å²) in [4.78, 5) is 3.97. The maximum atomic E-state index is 12.2. The molecule has 2 aromatic rings. The summed E-state index contributed by atoms with van der Waals surface area (Å²) in [5, 5.41) is 3.34. The van der Waals surface area contributed by atoms with Gasteiger partial charge in [-0.05, 0) is 42.3 Å². The highest BCUT2D eigenvalue weighted by Crippen LogP contribution is 2.30. The quantitative estimate of drug-likeness (QED) is 0.831. The zero-order valence-corrected chi connectivity index (χ0v) is 13.4. The number of nitrogens with zero attached hydrogens (tertiary/aromatic N) is 1. The summed E-state index contributed by atoms with van der Waals surface area (Å²) in [7, 11) is 1.40. The number of rotatable bonds is 7. The Kier molecular flexibility index (Phi) is 6.03. The molecule has 1 aromatic heterocycles. The van der Waals surface area contributed by atoms with E-state index in [4.69, 9.17) is 9.47 Å². The Bertz CT molecular complexity index is 648. The second-order valence-corrected chi connectivity index (χ2v) is 5.27. The molecule has 1 heterocycles. The van der Waals surface area contributed by atoms with Crippen molar-refractivity contribution in [3.05, 3.63) is 53.9 Å². The average Bonchev–Trinajstić information content (AvgIpc) is 2.58. The summed E-state index contributed by atoms with van der Waals surface area (Å²) < 4.78 is 46.6. The molecule has 0 spiro atoms. The van der Waals surface area contributed by atoms with Crippen molar-refractivity contribution in [3.8, 4) is 11.5 Å². The first kappa shape index (κ1) is 18.1. The first-order valence-electron chi connectivity index (χ1n) is 7.39. The Morgan fingerprint density at radius 2 is 1.83 bits per heavy atom. The van der Waals surface area contributed by atoms with Gasteiger partial charge in [-0.3, -0.25) is 4.98 Å². The molecule has 0 aliphatic heterocycles. The van der Waals surface area contributed by atoms with Crippen molar-refractivity contribution in [2.45, 2.75) is 25.7 Å². The number of nitrogens with one attached hydrogen (secondary N) is 1. The van der Waals surface area contributed by atoms with Crippen LogP contribution in [0.5, 0.6) is 11.5 Å². The van der Waals surface area contributed by atoms with Gasteiger partial charge in [-0.1, -0.05) is 6.07 Å². The van der Waals surface area contributed by atoms with Crippen LogP contribution in [0, 0.1) is 0 Å². The smallest absolute Gasteiger partial charge is 0.422 e. The lowest BCUT2D eigenvalue weighted by molar-refractivity contribution is -0.153. The van der Waals surface area contributed by atoms with Crippen molar-refractivity contribution >= 4 is 0 Å². The van der Waals surface area contributed by atoms with E-state index in [0.29, 0.717) is 6.54 Å². The lowest BCUT2D eigenvalue weighted by atomic mass is 10.1. The van der Waals surface area contributed by atoms with Gasteiger partial charge in [-0.2, -0.15) is 13.2 Å². The van der Waals surface area contributed by atoms with Crippen LogP contribution in [0.4, 0.5) is 13.2 Å². The molecule has 0 amide bonds. The van der Waals surface area contributed by atoms with Gasteiger partial charge in [0.1, 0.15) is 0 Å². The zero-order chi connectivity index (χ0) is 17.6. The lowest BCUT2D eigenvalue weighted by Crippen LogP contribution is -2.20. The number of pyridine rings is 1. The van der Waals surface area contributed by atoms with Crippen molar-refractivity contribution in [3.63, 3.8) is 0 Å². The predicted molar refractivity (Wildman–Crippen MR) is 84.0 cm³/mol. The summed E-state index contributed by atoms with van der Waals surface area (Å²) in [6.07, 6.45) is -0.933. The van der Waals surface area contributed by atoms with Crippen LogP contribution in [0.3, 0.4) is 0 Å². The Labute approximate surface area is 138 Å². The molecule has 0 saturated heterocycles. The third-order valence-electron chi connectivity index (χ3n) is 3.44. The molecule has 1 unspecified atom stereocenters. The lowest BCUT2D eigenvalue weighted by Gasteiger charge is -2.16. The molecule has 0 radical (unpaired) electrons. The van der Waals surface area contributed by atoms with E-state index in [1.807, 2.05) is 19.1 Å². The molecule has 1 atom stereocenters. The highest BCUT2D eigenvalue weighted by molar-refractivity contribution is 5.43. The van der Waals surface area contributed by atoms with Gasteiger partial charge in [0.2, 0.25) is 0 Å². The highest BCUT2D eigenvalue weighted by atomic mass is 19.4. The van der Waals surface area contributed by atoms with E-state index in [2.05, 4.69) is 10.3 Å². The number of halogens is 3. The first-order valence-corrected chi connectivity index (χ1v) is 7.39. The van der Waals surface area contributed by atoms with Crippen molar-refractivity contribution in [1.29, 1.82) is 0 Å². The topological polar surface area (TPSA) is 43.4 Å². The minimum atomic E-state index is -4.38. The van der Waals surface area contributed by atoms with E-state index in [9.17, 15) is 13.2 Å². The number of aromatic nitrogens is 1. The molecule has 2 rings (SSSR count). The molecule has 7 heteroatoms. The maximum Gasteiger partial charge on any atom is 0.422 e. The molecule has 1 N–H and O–H groups in total. The Balaban J connectivity index is 1.99. The molecular formula is C17H19F3N2O2. The number of hydrogen-bond donors (Lipinski definition) is 1. The number of ether oxygens (including phenoxy) is 2. The molecule has 0 aliphatic carbocycles. The van der Waals surface area contributed by atoms with E-state index in [0.717, 1.165) is 11.1 Å². The normalized spacial score (nSPS) is 12.7. The highest BCUT2D eigenvalue weighted by Gasteiger charge is 2.29. The van der Waals surface area contributed by atoms with Crippen LogP contribution >= 0.6 is 0 Å². The van der Waals surface area contributed by atoms with Gasteiger partial charge in [0, 0.05) is 25.0 Å². The number of hydrogen-bond acceptors (Lipinski definition) is 4. The fraction of sp³-hybridized carbons (Fsp3) is 0.353. The van der Waals surface area contributed by atoms with Gasteiger partial charge in [-0.25, -0.2) is 0 Å². The summed E-state index contributed by atoms with van der Waals surface area (Å²) in [5.74, 6) is 0.343. The first-order chi connectivity index (χ1) is 11.4. The largest absolute Gasteiger partial charge is 0.493 e. The third-order valence-corrected chi connectivity index (χ3v) is 3.44. The van der Waals surface area contributed by atoms with E-state index in [1.54, 1.807) is 24.5 Å². The standard InChI is InChI=1S/C17H19F3N2O2/c1-12(14-5-7-21-8-6-14)22-10-13-3-4-15(16(9-13)23-2)24-11-17(18,19)20/h3-9,12,22H,10-11H2,1-2H3. The van der Waals surface area contributed by atoms with E-state index < -0.39 is 12.8 Å². The van der Waals surface area contributed by atoms with Crippen LogP contribution in [0.2, 0.25) is 0 Å². The fourth-order valence-corrected chi connectivity index (χ4v) is 2.14. The van der Waals surface area contributed by atoms with Gasteiger partial charge in [0.25, 0.3) is 0 Å². The van der Waals surface area contributed by atoms with Crippen LogP contribution < -0.4 is 14.8 Å². The summed E-state index contributed by atoms with van der Waals surface area (Å²) in [6.45, 7) is 1.22. The summed E-state index contributed by atoms with van der Waals surface area (Å²) in [6, 6.07) is 8.82. The number of benzene rings is 1. The number of methoxy groups -OCH3 is 1. The Morgan fingerprint density at radius 3 is 2.46 bits per heavy atom. The molecule has 0 fully saturated rings. The SMILES string of the molecule is COc1cc(CNC(C)c2ccncc2)ccc1OCC(F)(F)F. The van der Waals surface area contributed by atoms with Crippen molar-refractivity contribution in [1.82, 2.24) is 10.3 Å². The third kappa shape index (κ3) is 5.42. The molecule has 1 aromatic carbocycles. The van der Waals surface area contributed by atoms with Crippen LogP contribution in [0.15, 0.2) is 42.7 Å². The monoisotopic (exact) mass is 340 g/mol. The van der Waals surface area contributed by atoms with Crippen molar-refractivity contribution < 1.29 is 22.6 Å². The molecular weight excluding hydrogens is 321 g/mol. The summed E-state index contributed by atoms with van der Waals surface area (Å²) >= 11 is 0. The average molecular weight is 340 g/mol. The molecule has 0 aliphatic rings. The van der Waals surface area contributed by atoms with Gasteiger partial charge < -0.3 is 14.8 Å². The minimum Gasteiger partial charge on any atom is -0.493 e. The second kappa shape index (κ2) is 8.01. The fourth-order valence-electron chi connectivity index (χ4n) is 2.14. The van der Waals surface area contributed by atoms with Gasteiger partial charge in [-0.15, -0.1) is 0 Å². The molecule has 0 bridgehead atoms. The van der Waals surface area contributed by atoms with Gasteiger partial charge in [0.15, 0.2) is 18.1 Å². The van der Waals surface area contributed by atoms with E-state index in [1.165, 1.54) is 13.2 Å². The summed E-state index contributed by atoms with van der Waals surface area (Å²) in [5.41, 5.74) is 1.98. The van der Waals surface area contributed by atoms with Crippen molar-refractivity contribution in [2.75, 3.05) is 13.7 Å². The van der Waals surface area contributed by atoms with Crippen LogP contribution in [-0.4, -0.2) is 24.9 Å². The number of alkyl halides is 3.